The van der Waals surface area contributed by atoms with Crippen LogP contribution in [0.4, 0.5) is 52.1 Å². The third-order valence-electron chi connectivity index (χ3n) is 6.02. The molecule has 19 nitrogen and oxygen atoms in total. The van der Waals surface area contributed by atoms with Crippen LogP contribution in [0.2, 0.25) is 0 Å². The van der Waals surface area contributed by atoms with E-state index in [-0.39, 0.29) is 17.1 Å². The van der Waals surface area contributed by atoms with Crippen molar-refractivity contribution >= 4 is 40.2 Å². The molecule has 1 aliphatic rings. The van der Waals surface area contributed by atoms with E-state index < -0.39 is 55.3 Å². The van der Waals surface area contributed by atoms with Gasteiger partial charge in [-0.25, -0.2) is 4.79 Å². The highest BCUT2D eigenvalue weighted by atomic mass is 19.1. The van der Waals surface area contributed by atoms with Gasteiger partial charge >= 0.3 is 23.2 Å². The zero-order valence-electron chi connectivity index (χ0n) is 25.8. The molecule has 1 saturated heterocycles. The van der Waals surface area contributed by atoms with Gasteiger partial charge in [0.15, 0.2) is 0 Å². The molecule has 0 saturated carbocycles. The minimum Gasteiger partial charge on any atom is -0.444 e. The van der Waals surface area contributed by atoms with Crippen LogP contribution in [-0.2, 0) is 4.74 Å². The summed E-state index contributed by atoms with van der Waals surface area (Å²) in [5.74, 6) is -3.33. The molecule has 0 atom stereocenters. The number of para-hydroxylation sites is 3. The van der Waals surface area contributed by atoms with E-state index in [9.17, 15) is 48.3 Å². The van der Waals surface area contributed by atoms with E-state index in [1.54, 1.807) is 42.7 Å². The maximum Gasteiger partial charge on any atom is 0.410 e. The molecule has 0 bridgehead atoms. The molecule has 1 amide bonds. The van der Waals surface area contributed by atoms with E-state index >= 15 is 0 Å². The highest BCUT2D eigenvalue weighted by Gasteiger charge is 2.29. The Morgan fingerprint density at radius 3 is 1.55 bits per heavy atom. The van der Waals surface area contributed by atoms with Gasteiger partial charge in [-0.2, -0.15) is 13.2 Å². The molecule has 0 spiro atoms. The Morgan fingerprint density at radius 1 is 0.735 bits per heavy atom. The maximum atomic E-state index is 12.8. The summed E-state index contributed by atoms with van der Waals surface area (Å²) in [6.07, 6.45) is -0.399. The summed E-state index contributed by atoms with van der Waals surface area (Å²) in [5.41, 5.74) is 13.9. The lowest BCUT2D eigenvalue weighted by molar-refractivity contribution is -0.390. The number of amides is 1. The van der Waals surface area contributed by atoms with Gasteiger partial charge in [-0.15, -0.1) is 0 Å². The summed E-state index contributed by atoms with van der Waals surface area (Å²) in [4.78, 5) is 49.5. The quantitative estimate of drug-likeness (QED) is 0.0793. The average molecular weight is 690 g/mol. The van der Waals surface area contributed by atoms with Crippen molar-refractivity contribution in [2.75, 3.05) is 31.1 Å². The summed E-state index contributed by atoms with van der Waals surface area (Å²) in [6, 6.07) is 10.7. The van der Waals surface area contributed by atoms with E-state index in [0.717, 1.165) is 24.3 Å². The number of nitro groups is 3. The Balaban J connectivity index is 0.000000289. The zero-order valence-corrected chi connectivity index (χ0v) is 25.8. The van der Waals surface area contributed by atoms with Crippen LogP contribution in [0.15, 0.2) is 64.8 Å². The lowest BCUT2D eigenvalue weighted by Gasteiger charge is -2.36. The van der Waals surface area contributed by atoms with Crippen molar-refractivity contribution in [1.29, 1.82) is 0 Å². The van der Waals surface area contributed by atoms with Crippen LogP contribution >= 0.6 is 0 Å². The molecule has 49 heavy (non-hydrogen) atoms. The van der Waals surface area contributed by atoms with E-state index in [1.165, 1.54) is 18.2 Å². The predicted octanol–water partition coefficient (Wildman–Crippen LogP) is 8.14. The van der Waals surface area contributed by atoms with Crippen LogP contribution in [0, 0.1) is 47.8 Å². The fraction of sp³-hybridized carbons (Fsp3) is 0.296. The van der Waals surface area contributed by atoms with Crippen LogP contribution in [0.25, 0.3) is 20.9 Å². The number of carbonyl (C=O) groups is 1. The standard InChI is InChI=1S/C15H20N6O4.C6H3F2NO2.C6H3FN4O2/c1-15(2,3)25-14(22)20-9-7-19(8-10-20)12-6-4-5-11(17-18-16)13(12)21(23)24;7-4-2-1-3-5(8)6(4)9(10)11;7-4-2-1-3-5(9-10-8)6(4)11(12)13/h4-6H,7-10H2,1-3H3;1-3H;1-3H. The molecule has 0 aromatic heterocycles. The number of piperazine rings is 1. The van der Waals surface area contributed by atoms with Crippen LogP contribution in [-0.4, -0.2) is 57.5 Å². The second-order valence-corrected chi connectivity index (χ2v) is 10.4. The lowest BCUT2D eigenvalue weighted by atomic mass is 10.2. The first kappa shape index (κ1) is 38.5. The summed E-state index contributed by atoms with van der Waals surface area (Å²) in [6.45, 7) is 7.00. The summed E-state index contributed by atoms with van der Waals surface area (Å²) in [7, 11) is 0. The molecule has 0 unspecified atom stereocenters. The van der Waals surface area contributed by atoms with Gasteiger partial charge < -0.3 is 14.5 Å². The van der Waals surface area contributed by atoms with Crippen LogP contribution in [0.5, 0.6) is 0 Å². The topological polar surface area (TPSA) is 260 Å². The Hall–Kier alpha value is -6.66. The van der Waals surface area contributed by atoms with Gasteiger partial charge in [-0.3, -0.25) is 30.3 Å². The molecule has 4 rings (SSSR count). The predicted molar refractivity (Wildman–Crippen MR) is 167 cm³/mol. The number of hydrogen-bond acceptors (Lipinski definition) is 11. The fourth-order valence-corrected chi connectivity index (χ4v) is 4.02. The first-order valence-corrected chi connectivity index (χ1v) is 13.6. The molecule has 1 heterocycles. The molecule has 3 aromatic carbocycles. The van der Waals surface area contributed by atoms with Gasteiger partial charge in [-0.05, 0) is 68.2 Å². The monoisotopic (exact) mass is 689 g/mol. The lowest BCUT2D eigenvalue weighted by Crippen LogP contribution is -2.50. The molecular formula is C27H26F3N11O8. The van der Waals surface area contributed by atoms with E-state index in [2.05, 4.69) is 20.1 Å². The van der Waals surface area contributed by atoms with Crippen molar-refractivity contribution in [3.05, 3.63) is 123 Å². The van der Waals surface area contributed by atoms with Crippen molar-refractivity contribution in [3.63, 3.8) is 0 Å². The summed E-state index contributed by atoms with van der Waals surface area (Å²) in [5, 5.41) is 38.1. The number of nitrogens with zero attached hydrogens (tertiary/aromatic N) is 11. The van der Waals surface area contributed by atoms with Crippen molar-refractivity contribution in [2.24, 2.45) is 10.2 Å². The van der Waals surface area contributed by atoms with Crippen LogP contribution < -0.4 is 4.90 Å². The molecule has 258 valence electrons. The number of benzene rings is 3. The van der Waals surface area contributed by atoms with Crippen molar-refractivity contribution in [2.45, 2.75) is 26.4 Å². The number of carbonyl (C=O) groups excluding carboxylic acids is 1. The third kappa shape index (κ3) is 11.0. The molecule has 0 radical (unpaired) electrons. The number of halogens is 3. The Labute approximate surface area is 273 Å². The summed E-state index contributed by atoms with van der Waals surface area (Å²) >= 11 is 0. The van der Waals surface area contributed by atoms with Gasteiger partial charge in [0.1, 0.15) is 22.7 Å². The Morgan fingerprint density at radius 2 is 1.14 bits per heavy atom. The third-order valence-corrected chi connectivity index (χ3v) is 6.02. The number of azide groups is 2. The van der Waals surface area contributed by atoms with Gasteiger partial charge in [0.05, 0.1) is 14.8 Å². The molecule has 0 aliphatic carbocycles. The molecule has 0 N–H and O–H groups in total. The molecule has 1 aliphatic heterocycles. The number of anilines is 1. The van der Waals surface area contributed by atoms with Gasteiger partial charge in [0, 0.05) is 36.0 Å². The van der Waals surface area contributed by atoms with E-state index in [1.807, 2.05) is 0 Å². The van der Waals surface area contributed by atoms with Crippen molar-refractivity contribution in [3.8, 4) is 0 Å². The number of rotatable bonds is 6. The van der Waals surface area contributed by atoms with Crippen LogP contribution in [0.3, 0.4) is 0 Å². The normalized spacial score (nSPS) is 12.0. The molecule has 1 fully saturated rings. The molecular weight excluding hydrogens is 663 g/mol. The second kappa shape index (κ2) is 17.3. The van der Waals surface area contributed by atoms with Crippen LogP contribution in [0.1, 0.15) is 20.8 Å². The van der Waals surface area contributed by atoms with Gasteiger partial charge in [-0.1, -0.05) is 28.4 Å². The second-order valence-electron chi connectivity index (χ2n) is 10.4. The van der Waals surface area contributed by atoms with E-state index in [0.29, 0.717) is 31.9 Å². The van der Waals surface area contributed by atoms with Gasteiger partial charge in [0.2, 0.25) is 17.5 Å². The first-order valence-electron chi connectivity index (χ1n) is 13.6. The highest BCUT2D eigenvalue weighted by molar-refractivity contribution is 5.75. The smallest absolute Gasteiger partial charge is 0.410 e. The largest absolute Gasteiger partial charge is 0.444 e. The van der Waals surface area contributed by atoms with Crippen molar-refractivity contribution < 1.29 is 37.5 Å². The minimum absolute atomic E-state index is 0.0282. The first-order chi connectivity index (χ1) is 23.0. The van der Waals surface area contributed by atoms with Crippen molar-refractivity contribution in [1.82, 2.24) is 4.90 Å². The zero-order chi connectivity index (χ0) is 36.9. The summed E-state index contributed by atoms with van der Waals surface area (Å²) < 4.78 is 43.0. The number of hydrogen-bond donors (Lipinski definition) is 0. The SMILES string of the molecule is CC(C)(C)OC(=O)N1CCN(c2cccc(N=[N+]=[N-])c2[N+](=O)[O-])CC1.O=[N+]([O-])c1c(F)cccc1F.[N-]=[N+]=Nc1cccc(F)c1[N+](=O)[O-]. The minimum atomic E-state index is -1.16. The number of nitro benzene ring substituents is 3. The molecule has 22 heteroatoms. The van der Waals surface area contributed by atoms with Gasteiger partial charge in [0.25, 0.3) is 0 Å². The molecule has 3 aromatic rings. The van der Waals surface area contributed by atoms with E-state index in [4.69, 9.17) is 15.8 Å². The number of ether oxygens (including phenoxy) is 1. The average Bonchev–Trinajstić information content (AvgIpc) is 3.01. The highest BCUT2D eigenvalue weighted by Crippen LogP contribution is 2.38. The fourth-order valence-electron chi connectivity index (χ4n) is 4.02. The maximum absolute atomic E-state index is 12.8. The Bertz CT molecular complexity index is 1800. The Kier molecular flexibility index (Phi) is 13.6.